The molecule has 0 atom stereocenters. The van der Waals surface area contributed by atoms with Gasteiger partial charge in [-0.2, -0.15) is 0 Å². The van der Waals surface area contributed by atoms with Gasteiger partial charge in [-0.3, -0.25) is 4.79 Å². The summed E-state index contributed by atoms with van der Waals surface area (Å²) in [6.07, 6.45) is 0. The molecular formula is C22H18N2O3. The Labute approximate surface area is 155 Å². The molecule has 0 saturated carbocycles. The molecule has 0 amide bonds. The lowest BCUT2D eigenvalue weighted by Crippen LogP contribution is -2.09. The van der Waals surface area contributed by atoms with Crippen LogP contribution in [0.15, 0.2) is 59.4 Å². The van der Waals surface area contributed by atoms with Gasteiger partial charge in [0, 0.05) is 22.0 Å². The molecule has 3 aromatic carbocycles. The molecule has 4 aromatic rings. The number of pyridine rings is 1. The molecule has 4 rings (SSSR count). The van der Waals surface area contributed by atoms with Crippen LogP contribution in [0.2, 0.25) is 0 Å². The number of benzene rings is 3. The number of carbonyl (C=O) groups is 1. The normalized spacial score (nSPS) is 11.0. The second-order valence-corrected chi connectivity index (χ2v) is 6.74. The smallest absolute Gasteiger partial charge is 0.337 e. The van der Waals surface area contributed by atoms with Crippen molar-refractivity contribution >= 4 is 39.1 Å². The largest absolute Gasteiger partial charge is 0.478 e. The van der Waals surface area contributed by atoms with Gasteiger partial charge in [0.1, 0.15) is 0 Å². The third kappa shape index (κ3) is 3.04. The Morgan fingerprint density at radius 1 is 0.889 bits per heavy atom. The van der Waals surface area contributed by atoms with Crippen molar-refractivity contribution in [3.05, 3.63) is 81.5 Å². The first-order chi connectivity index (χ1) is 12.9. The minimum Gasteiger partial charge on any atom is -0.478 e. The second-order valence-electron chi connectivity index (χ2n) is 6.74. The van der Waals surface area contributed by atoms with Gasteiger partial charge in [0.25, 0.3) is 0 Å². The zero-order valence-electron chi connectivity index (χ0n) is 15.0. The Morgan fingerprint density at radius 3 is 2.26 bits per heavy atom. The summed E-state index contributed by atoms with van der Waals surface area (Å²) in [6.45, 7) is 3.91. The van der Waals surface area contributed by atoms with Gasteiger partial charge in [-0.25, -0.2) is 4.79 Å². The molecule has 0 aliphatic carbocycles. The van der Waals surface area contributed by atoms with Crippen LogP contribution in [-0.2, 0) is 0 Å². The molecule has 0 aliphatic rings. The van der Waals surface area contributed by atoms with Crippen LogP contribution in [0, 0.1) is 13.8 Å². The third-order valence-electron chi connectivity index (χ3n) is 4.65. The van der Waals surface area contributed by atoms with Gasteiger partial charge in [-0.15, -0.1) is 0 Å². The van der Waals surface area contributed by atoms with Gasteiger partial charge in [0.05, 0.1) is 16.8 Å². The van der Waals surface area contributed by atoms with E-state index in [1.165, 1.54) is 6.07 Å². The summed E-state index contributed by atoms with van der Waals surface area (Å²) in [5, 5.41) is 13.8. The van der Waals surface area contributed by atoms with Crippen molar-refractivity contribution in [1.29, 1.82) is 0 Å². The van der Waals surface area contributed by atoms with Gasteiger partial charge in [-0.05, 0) is 50.2 Å². The number of rotatable bonds is 3. The van der Waals surface area contributed by atoms with Crippen LogP contribution < -0.4 is 10.7 Å². The number of H-pyrrole nitrogens is 1. The number of carboxylic acid groups (broad SMARTS) is 1. The molecule has 0 fully saturated rings. The van der Waals surface area contributed by atoms with Gasteiger partial charge in [0.15, 0.2) is 5.43 Å². The molecule has 5 heteroatoms. The summed E-state index contributed by atoms with van der Waals surface area (Å²) in [5.74, 6) is -1.06. The van der Waals surface area contributed by atoms with E-state index >= 15 is 0 Å². The van der Waals surface area contributed by atoms with E-state index in [9.17, 15) is 14.7 Å². The molecule has 1 aromatic heterocycles. The van der Waals surface area contributed by atoms with Gasteiger partial charge < -0.3 is 15.4 Å². The van der Waals surface area contributed by atoms with Crippen molar-refractivity contribution in [3.63, 3.8) is 0 Å². The van der Waals surface area contributed by atoms with E-state index in [0.29, 0.717) is 27.5 Å². The Hall–Kier alpha value is -3.60. The maximum atomic E-state index is 13.0. The van der Waals surface area contributed by atoms with E-state index in [4.69, 9.17) is 0 Å². The highest BCUT2D eigenvalue weighted by atomic mass is 16.4. The van der Waals surface area contributed by atoms with Crippen molar-refractivity contribution in [3.8, 4) is 0 Å². The van der Waals surface area contributed by atoms with Crippen molar-refractivity contribution in [2.75, 3.05) is 5.32 Å². The number of aryl methyl sites for hydroxylation is 2. The highest BCUT2D eigenvalue weighted by Crippen LogP contribution is 2.27. The maximum absolute atomic E-state index is 13.0. The van der Waals surface area contributed by atoms with E-state index in [0.717, 1.165) is 16.8 Å². The van der Waals surface area contributed by atoms with Crippen LogP contribution in [0.3, 0.4) is 0 Å². The molecule has 134 valence electrons. The van der Waals surface area contributed by atoms with Gasteiger partial charge in [0.2, 0.25) is 0 Å². The number of fused-ring (bicyclic) bond motifs is 2. The topological polar surface area (TPSA) is 82.2 Å². The van der Waals surface area contributed by atoms with Gasteiger partial charge in [-0.1, -0.05) is 29.3 Å². The molecule has 5 nitrogen and oxygen atoms in total. The van der Waals surface area contributed by atoms with Crippen molar-refractivity contribution in [1.82, 2.24) is 4.98 Å². The number of aromatic nitrogens is 1. The number of hydrogen-bond donors (Lipinski definition) is 3. The SMILES string of the molecule is Cc1ccc(Nc2cc3c(=O)c4cc(C)ccc4[nH]c3cc2C(=O)O)cc1. The zero-order chi connectivity index (χ0) is 19.1. The Morgan fingerprint density at radius 2 is 1.56 bits per heavy atom. The maximum Gasteiger partial charge on any atom is 0.337 e. The fourth-order valence-corrected chi connectivity index (χ4v) is 3.21. The minimum atomic E-state index is -1.06. The van der Waals surface area contributed by atoms with Gasteiger partial charge >= 0.3 is 5.97 Å². The predicted octanol–water partition coefficient (Wildman–Crippen LogP) is 4.74. The number of carboxylic acids is 1. The predicted molar refractivity (Wildman–Crippen MR) is 108 cm³/mol. The van der Waals surface area contributed by atoms with E-state index in [1.54, 1.807) is 6.07 Å². The van der Waals surface area contributed by atoms with E-state index < -0.39 is 5.97 Å². The first-order valence-corrected chi connectivity index (χ1v) is 8.60. The fourth-order valence-electron chi connectivity index (χ4n) is 3.21. The highest BCUT2D eigenvalue weighted by molar-refractivity contribution is 6.03. The van der Waals surface area contributed by atoms with Crippen LogP contribution in [0.1, 0.15) is 21.5 Å². The van der Waals surface area contributed by atoms with Crippen LogP contribution in [-0.4, -0.2) is 16.1 Å². The minimum absolute atomic E-state index is 0.102. The van der Waals surface area contributed by atoms with Crippen LogP contribution >= 0.6 is 0 Å². The van der Waals surface area contributed by atoms with Crippen LogP contribution in [0.4, 0.5) is 11.4 Å². The summed E-state index contributed by atoms with van der Waals surface area (Å²) < 4.78 is 0. The van der Waals surface area contributed by atoms with E-state index in [-0.39, 0.29) is 11.0 Å². The van der Waals surface area contributed by atoms with Crippen molar-refractivity contribution in [2.24, 2.45) is 0 Å². The summed E-state index contributed by atoms with van der Waals surface area (Å²) in [4.78, 5) is 27.9. The van der Waals surface area contributed by atoms with Crippen molar-refractivity contribution < 1.29 is 9.90 Å². The first-order valence-electron chi connectivity index (χ1n) is 8.60. The first kappa shape index (κ1) is 16.8. The number of anilines is 2. The lowest BCUT2D eigenvalue weighted by atomic mass is 10.0. The molecule has 0 radical (unpaired) electrons. The monoisotopic (exact) mass is 358 g/mol. The average molecular weight is 358 g/mol. The average Bonchev–Trinajstić information content (AvgIpc) is 2.64. The summed E-state index contributed by atoms with van der Waals surface area (Å²) in [6, 6.07) is 16.3. The molecule has 0 unspecified atom stereocenters. The lowest BCUT2D eigenvalue weighted by Gasteiger charge is -2.12. The Balaban J connectivity index is 1.96. The summed E-state index contributed by atoms with van der Waals surface area (Å²) >= 11 is 0. The standard InChI is InChI=1S/C22H18N2O3/c1-12-3-6-14(7-4-12)23-20-10-16-19(11-17(20)22(26)27)24-18-8-5-13(2)9-15(18)21(16)25/h3-11,23H,1-2H3,(H,24,25)(H,26,27). The molecule has 1 heterocycles. The number of aromatic amines is 1. The third-order valence-corrected chi connectivity index (χ3v) is 4.65. The van der Waals surface area contributed by atoms with Crippen LogP contribution in [0.5, 0.6) is 0 Å². The molecule has 0 saturated heterocycles. The lowest BCUT2D eigenvalue weighted by molar-refractivity contribution is 0.0698. The summed E-state index contributed by atoms with van der Waals surface area (Å²) in [5.41, 5.74) is 4.42. The van der Waals surface area contributed by atoms with E-state index in [1.807, 2.05) is 56.3 Å². The molecular weight excluding hydrogens is 340 g/mol. The van der Waals surface area contributed by atoms with E-state index in [2.05, 4.69) is 10.3 Å². The molecule has 0 spiro atoms. The molecule has 3 N–H and O–H groups in total. The molecule has 0 bridgehead atoms. The highest BCUT2D eigenvalue weighted by Gasteiger charge is 2.15. The number of nitrogens with one attached hydrogen (secondary N) is 2. The summed E-state index contributed by atoms with van der Waals surface area (Å²) in [7, 11) is 0. The number of aromatic carboxylic acids is 1. The quantitative estimate of drug-likeness (QED) is 0.462. The Bertz CT molecular complexity index is 1250. The Kier molecular flexibility index (Phi) is 3.92. The number of hydrogen-bond acceptors (Lipinski definition) is 3. The fraction of sp³-hybridized carbons (Fsp3) is 0.0909. The zero-order valence-corrected chi connectivity index (χ0v) is 15.0. The van der Waals surface area contributed by atoms with Crippen LogP contribution in [0.25, 0.3) is 21.8 Å². The van der Waals surface area contributed by atoms with Crippen molar-refractivity contribution in [2.45, 2.75) is 13.8 Å². The molecule has 27 heavy (non-hydrogen) atoms. The second kappa shape index (κ2) is 6.29. The molecule has 0 aliphatic heterocycles.